The van der Waals surface area contributed by atoms with Crippen LogP contribution in [0.4, 0.5) is 0 Å². The van der Waals surface area contributed by atoms with Gasteiger partial charge in [0, 0.05) is 13.1 Å². The molecular formula is C12H24N2O. The summed E-state index contributed by atoms with van der Waals surface area (Å²) >= 11 is 0. The lowest BCUT2D eigenvalue weighted by molar-refractivity contribution is -0.133. The second-order valence-electron chi connectivity index (χ2n) is 5.20. The second kappa shape index (κ2) is 5.50. The standard InChI is InChI=1S/C12H24N2O/c1-10(2)11-5-7-14(8-6-11)12(15)9-13(3)4/h10-11H,5-9H2,1-4H3. The van der Waals surface area contributed by atoms with Gasteiger partial charge >= 0.3 is 0 Å². The lowest BCUT2D eigenvalue weighted by Gasteiger charge is -2.34. The van der Waals surface area contributed by atoms with Crippen molar-refractivity contribution in [2.24, 2.45) is 11.8 Å². The molecule has 0 unspecified atom stereocenters. The molecular weight excluding hydrogens is 188 g/mol. The first-order valence-electron chi connectivity index (χ1n) is 5.93. The van der Waals surface area contributed by atoms with Crippen molar-refractivity contribution in [3.05, 3.63) is 0 Å². The number of nitrogens with zero attached hydrogens (tertiary/aromatic N) is 2. The zero-order valence-corrected chi connectivity index (χ0v) is 10.5. The van der Waals surface area contributed by atoms with Crippen LogP contribution in [0.3, 0.4) is 0 Å². The van der Waals surface area contributed by atoms with E-state index in [0.29, 0.717) is 6.54 Å². The summed E-state index contributed by atoms with van der Waals surface area (Å²) in [6.07, 6.45) is 2.35. The van der Waals surface area contributed by atoms with Gasteiger partial charge < -0.3 is 9.80 Å². The van der Waals surface area contributed by atoms with E-state index in [1.165, 1.54) is 12.8 Å². The van der Waals surface area contributed by atoms with Crippen LogP contribution >= 0.6 is 0 Å². The van der Waals surface area contributed by atoms with Crippen LogP contribution in [0.15, 0.2) is 0 Å². The zero-order chi connectivity index (χ0) is 11.4. The number of piperidine rings is 1. The van der Waals surface area contributed by atoms with Gasteiger partial charge in [0.05, 0.1) is 6.54 Å². The second-order valence-corrected chi connectivity index (χ2v) is 5.20. The molecule has 1 amide bonds. The van der Waals surface area contributed by atoms with Gasteiger partial charge in [-0.1, -0.05) is 13.8 Å². The van der Waals surface area contributed by atoms with E-state index >= 15 is 0 Å². The van der Waals surface area contributed by atoms with E-state index in [1.54, 1.807) is 0 Å². The van der Waals surface area contributed by atoms with Crippen molar-refractivity contribution in [3.8, 4) is 0 Å². The van der Waals surface area contributed by atoms with Crippen LogP contribution in [0.25, 0.3) is 0 Å². The summed E-state index contributed by atoms with van der Waals surface area (Å²) in [6, 6.07) is 0. The summed E-state index contributed by atoms with van der Waals surface area (Å²) in [5, 5.41) is 0. The minimum absolute atomic E-state index is 0.280. The highest BCUT2D eigenvalue weighted by molar-refractivity contribution is 5.78. The summed E-state index contributed by atoms with van der Waals surface area (Å²) < 4.78 is 0. The largest absolute Gasteiger partial charge is 0.342 e. The van der Waals surface area contributed by atoms with Crippen LogP contribution in [-0.2, 0) is 4.79 Å². The highest BCUT2D eigenvalue weighted by atomic mass is 16.2. The van der Waals surface area contributed by atoms with E-state index in [4.69, 9.17) is 0 Å². The molecule has 1 heterocycles. The average molecular weight is 212 g/mol. The Labute approximate surface area is 93.4 Å². The van der Waals surface area contributed by atoms with Gasteiger partial charge in [0.25, 0.3) is 0 Å². The minimum Gasteiger partial charge on any atom is -0.342 e. The Bertz CT molecular complexity index is 206. The smallest absolute Gasteiger partial charge is 0.236 e. The number of amides is 1. The molecule has 0 radical (unpaired) electrons. The van der Waals surface area contributed by atoms with Gasteiger partial charge in [0.15, 0.2) is 0 Å². The predicted octanol–water partition coefficient (Wildman–Crippen LogP) is 1.44. The van der Waals surface area contributed by atoms with E-state index in [0.717, 1.165) is 24.9 Å². The monoisotopic (exact) mass is 212 g/mol. The predicted molar refractivity (Wildman–Crippen MR) is 62.7 cm³/mol. The average Bonchev–Trinajstić information content (AvgIpc) is 2.17. The quantitative estimate of drug-likeness (QED) is 0.707. The Hall–Kier alpha value is -0.570. The van der Waals surface area contributed by atoms with Crippen molar-refractivity contribution in [3.63, 3.8) is 0 Å². The van der Waals surface area contributed by atoms with Crippen molar-refractivity contribution in [1.82, 2.24) is 9.80 Å². The van der Waals surface area contributed by atoms with E-state index in [2.05, 4.69) is 13.8 Å². The van der Waals surface area contributed by atoms with Gasteiger partial charge in [-0.05, 0) is 38.8 Å². The maximum absolute atomic E-state index is 11.8. The summed E-state index contributed by atoms with van der Waals surface area (Å²) in [5.41, 5.74) is 0. The third kappa shape index (κ3) is 3.82. The maximum Gasteiger partial charge on any atom is 0.236 e. The van der Waals surface area contributed by atoms with Gasteiger partial charge in [0.2, 0.25) is 5.91 Å². The Morgan fingerprint density at radius 3 is 2.27 bits per heavy atom. The van der Waals surface area contributed by atoms with E-state index in [9.17, 15) is 4.79 Å². The van der Waals surface area contributed by atoms with Crippen molar-refractivity contribution < 1.29 is 4.79 Å². The van der Waals surface area contributed by atoms with Crippen LogP contribution in [0, 0.1) is 11.8 Å². The third-order valence-electron chi connectivity index (χ3n) is 3.29. The number of hydrogen-bond donors (Lipinski definition) is 0. The molecule has 0 aliphatic carbocycles. The molecule has 0 saturated carbocycles. The molecule has 0 spiro atoms. The molecule has 0 bridgehead atoms. The molecule has 1 aliphatic rings. The first kappa shape index (κ1) is 12.5. The molecule has 3 heteroatoms. The normalized spacial score (nSPS) is 18.9. The lowest BCUT2D eigenvalue weighted by Crippen LogP contribution is -2.43. The molecule has 1 fully saturated rings. The topological polar surface area (TPSA) is 23.6 Å². The van der Waals surface area contributed by atoms with Gasteiger partial charge in [-0.25, -0.2) is 0 Å². The van der Waals surface area contributed by atoms with Crippen LogP contribution in [-0.4, -0.2) is 49.4 Å². The number of hydrogen-bond acceptors (Lipinski definition) is 2. The van der Waals surface area contributed by atoms with Crippen LogP contribution < -0.4 is 0 Å². The van der Waals surface area contributed by atoms with Crippen LogP contribution in [0.2, 0.25) is 0 Å². The summed E-state index contributed by atoms with van der Waals surface area (Å²) in [4.78, 5) is 15.7. The van der Waals surface area contributed by atoms with Gasteiger partial charge in [-0.2, -0.15) is 0 Å². The fraction of sp³-hybridized carbons (Fsp3) is 0.917. The minimum atomic E-state index is 0.280. The first-order valence-corrected chi connectivity index (χ1v) is 5.93. The van der Waals surface area contributed by atoms with Crippen LogP contribution in [0.1, 0.15) is 26.7 Å². The fourth-order valence-corrected chi connectivity index (χ4v) is 2.19. The molecule has 1 saturated heterocycles. The fourth-order valence-electron chi connectivity index (χ4n) is 2.19. The molecule has 0 aromatic heterocycles. The van der Waals surface area contributed by atoms with Gasteiger partial charge in [-0.3, -0.25) is 4.79 Å². The van der Waals surface area contributed by atoms with E-state index in [-0.39, 0.29) is 5.91 Å². The molecule has 0 aromatic carbocycles. The maximum atomic E-state index is 11.8. The number of likely N-dealkylation sites (N-methyl/N-ethyl adjacent to an activating group) is 1. The molecule has 3 nitrogen and oxygen atoms in total. The third-order valence-corrected chi connectivity index (χ3v) is 3.29. The number of carbonyl (C=O) groups is 1. The Kier molecular flexibility index (Phi) is 4.58. The number of likely N-dealkylation sites (tertiary alicyclic amines) is 1. The van der Waals surface area contributed by atoms with Crippen molar-refractivity contribution in [2.45, 2.75) is 26.7 Å². The molecule has 88 valence electrons. The number of carbonyl (C=O) groups excluding carboxylic acids is 1. The van der Waals surface area contributed by atoms with E-state index < -0.39 is 0 Å². The Morgan fingerprint density at radius 1 is 1.33 bits per heavy atom. The summed E-state index contributed by atoms with van der Waals surface area (Å²) in [6.45, 7) is 7.02. The lowest BCUT2D eigenvalue weighted by atomic mass is 9.87. The summed E-state index contributed by atoms with van der Waals surface area (Å²) in [5.74, 6) is 1.85. The zero-order valence-electron chi connectivity index (χ0n) is 10.5. The van der Waals surface area contributed by atoms with Crippen molar-refractivity contribution in [2.75, 3.05) is 33.7 Å². The highest BCUT2D eigenvalue weighted by Crippen LogP contribution is 2.24. The van der Waals surface area contributed by atoms with Gasteiger partial charge in [-0.15, -0.1) is 0 Å². The van der Waals surface area contributed by atoms with Gasteiger partial charge in [0.1, 0.15) is 0 Å². The first-order chi connectivity index (χ1) is 7.00. The molecule has 0 aromatic rings. The molecule has 0 atom stereocenters. The van der Waals surface area contributed by atoms with Crippen molar-refractivity contribution >= 4 is 5.91 Å². The number of rotatable bonds is 3. The molecule has 1 rings (SSSR count). The SMILES string of the molecule is CC(C)C1CCN(C(=O)CN(C)C)CC1. The van der Waals surface area contributed by atoms with E-state index in [1.807, 2.05) is 23.9 Å². The van der Waals surface area contributed by atoms with Crippen LogP contribution in [0.5, 0.6) is 0 Å². The molecule has 15 heavy (non-hydrogen) atoms. The molecule has 1 aliphatic heterocycles. The van der Waals surface area contributed by atoms with Crippen molar-refractivity contribution in [1.29, 1.82) is 0 Å². The highest BCUT2D eigenvalue weighted by Gasteiger charge is 2.24. The summed E-state index contributed by atoms with van der Waals surface area (Å²) in [7, 11) is 3.89. The Balaban J connectivity index is 2.34. The Morgan fingerprint density at radius 2 is 1.87 bits per heavy atom. The molecule has 0 N–H and O–H groups in total.